The van der Waals surface area contributed by atoms with Crippen molar-refractivity contribution < 1.29 is 14.3 Å². The molecule has 0 unspecified atom stereocenters. The minimum absolute atomic E-state index is 0.00534. The largest absolute Gasteiger partial charge is 0.490 e. The number of carbonyl (C=O) groups excluding carboxylic acids is 1. The van der Waals surface area contributed by atoms with Gasteiger partial charge >= 0.3 is 0 Å². The van der Waals surface area contributed by atoms with Crippen LogP contribution in [-0.4, -0.2) is 40.2 Å². The van der Waals surface area contributed by atoms with E-state index in [1.54, 1.807) is 18.2 Å². The Hall–Kier alpha value is -2.81. The van der Waals surface area contributed by atoms with Crippen LogP contribution in [0.5, 0.6) is 11.5 Å². The number of thioether (sulfide) groups is 1. The van der Waals surface area contributed by atoms with Gasteiger partial charge in [-0.2, -0.15) is 15.1 Å². The van der Waals surface area contributed by atoms with Crippen molar-refractivity contribution in [2.75, 3.05) is 13.2 Å². The molecule has 0 saturated heterocycles. The smallest absolute Gasteiger partial charge is 0.283 e. The van der Waals surface area contributed by atoms with Crippen molar-refractivity contribution >= 4 is 63.0 Å². The first-order chi connectivity index (χ1) is 17.9. The minimum atomic E-state index is -0.482. The second-order valence-corrected chi connectivity index (χ2v) is 10.9. The van der Waals surface area contributed by atoms with Gasteiger partial charge in [-0.15, -0.1) is 0 Å². The lowest BCUT2D eigenvalue weighted by Gasteiger charge is -2.20. The zero-order valence-corrected chi connectivity index (χ0v) is 22.6. The summed E-state index contributed by atoms with van der Waals surface area (Å²) in [7, 11) is 0. The number of ether oxygens (including phenoxy) is 2. The standard InChI is InChI=1S/C27H26Cl2N4O3S/c1-16-7-5-6-10-22(16)35-11-12-36-23-20(28)14-17(15-21(23)29)13-19-24(30)33-27(31-25(19)34)37-26(32-33)18-8-3-2-4-9-18/h5-7,10,13-15,18,30H,2-4,8-9,11-12H2,1H3/b19-13-,30-24?. The summed E-state index contributed by atoms with van der Waals surface area (Å²) in [4.78, 5) is 17.0. The summed E-state index contributed by atoms with van der Waals surface area (Å²) < 4.78 is 11.5. The number of aryl methyl sites for hydroxylation is 1. The quantitative estimate of drug-likeness (QED) is 0.294. The Balaban J connectivity index is 1.27. The van der Waals surface area contributed by atoms with Crippen molar-refractivity contribution in [3.8, 4) is 11.5 Å². The number of nitrogens with zero attached hydrogens (tertiary/aromatic N) is 3. The zero-order valence-electron chi connectivity index (χ0n) is 20.3. The number of hydrogen-bond donors (Lipinski definition) is 1. The van der Waals surface area contributed by atoms with Crippen molar-refractivity contribution in [3.05, 3.63) is 63.1 Å². The molecule has 3 aliphatic rings. The first-order valence-electron chi connectivity index (χ1n) is 12.2. The molecule has 0 spiro atoms. The molecular formula is C27H26Cl2N4O3S. The fourth-order valence-electron chi connectivity index (χ4n) is 4.50. The average molecular weight is 558 g/mol. The molecule has 1 fully saturated rings. The van der Waals surface area contributed by atoms with E-state index >= 15 is 0 Å². The number of hydrazone groups is 1. The molecule has 1 amide bonds. The van der Waals surface area contributed by atoms with Gasteiger partial charge in [0.15, 0.2) is 11.6 Å². The van der Waals surface area contributed by atoms with E-state index in [2.05, 4.69) is 10.1 Å². The maximum Gasteiger partial charge on any atom is 0.283 e. The van der Waals surface area contributed by atoms with Gasteiger partial charge in [-0.1, -0.05) is 60.7 Å². The fourth-order valence-corrected chi connectivity index (χ4v) is 6.17. The molecule has 192 valence electrons. The first kappa shape index (κ1) is 25.8. The molecule has 2 aromatic carbocycles. The van der Waals surface area contributed by atoms with Crippen LogP contribution in [0.15, 0.2) is 52.1 Å². The molecule has 2 heterocycles. The molecule has 0 atom stereocenters. The molecule has 0 bridgehead atoms. The molecule has 10 heteroatoms. The molecule has 5 rings (SSSR count). The number of carbonyl (C=O) groups is 1. The Labute approximate surface area is 230 Å². The maximum absolute atomic E-state index is 12.8. The number of hydrogen-bond acceptors (Lipinski definition) is 6. The van der Waals surface area contributed by atoms with Crippen LogP contribution in [0, 0.1) is 18.3 Å². The molecule has 2 aromatic rings. The second kappa shape index (κ2) is 11.3. The minimum Gasteiger partial charge on any atom is -0.490 e. The van der Waals surface area contributed by atoms with Crippen LogP contribution in [0.2, 0.25) is 10.0 Å². The van der Waals surface area contributed by atoms with E-state index in [0.29, 0.717) is 39.1 Å². The zero-order chi connectivity index (χ0) is 25.9. The monoisotopic (exact) mass is 556 g/mol. The molecule has 2 aliphatic heterocycles. The van der Waals surface area contributed by atoms with Gasteiger partial charge in [0.25, 0.3) is 5.91 Å². The predicted molar refractivity (Wildman–Crippen MR) is 150 cm³/mol. The number of amidine groups is 2. The van der Waals surface area contributed by atoms with Crippen LogP contribution >= 0.6 is 35.0 Å². The van der Waals surface area contributed by atoms with Crippen molar-refractivity contribution in [3.63, 3.8) is 0 Å². The fraction of sp³-hybridized carbons (Fsp3) is 0.333. The number of aliphatic imine (C=N–C) groups is 1. The lowest BCUT2D eigenvalue weighted by atomic mass is 9.90. The maximum atomic E-state index is 12.8. The van der Waals surface area contributed by atoms with E-state index < -0.39 is 5.91 Å². The highest BCUT2D eigenvalue weighted by Crippen LogP contribution is 2.38. The third kappa shape index (κ3) is 5.71. The Bertz CT molecular complexity index is 1310. The Kier molecular flexibility index (Phi) is 7.88. The average Bonchev–Trinajstić information content (AvgIpc) is 3.31. The van der Waals surface area contributed by atoms with Gasteiger partial charge in [-0.25, -0.2) is 0 Å². The van der Waals surface area contributed by atoms with E-state index in [1.165, 1.54) is 36.0 Å². The summed E-state index contributed by atoms with van der Waals surface area (Å²) in [5.74, 6) is 1.01. The van der Waals surface area contributed by atoms with Crippen LogP contribution in [0.4, 0.5) is 0 Å². The van der Waals surface area contributed by atoms with Gasteiger partial charge in [0.1, 0.15) is 24.0 Å². The van der Waals surface area contributed by atoms with Crippen LogP contribution < -0.4 is 9.47 Å². The summed E-state index contributed by atoms with van der Waals surface area (Å²) in [5, 5.41) is 16.7. The van der Waals surface area contributed by atoms with Crippen molar-refractivity contribution in [2.24, 2.45) is 16.0 Å². The summed E-state index contributed by atoms with van der Waals surface area (Å²) in [6.45, 7) is 2.56. The third-order valence-electron chi connectivity index (χ3n) is 6.44. The lowest BCUT2D eigenvalue weighted by Crippen LogP contribution is -2.35. The second-order valence-electron chi connectivity index (χ2n) is 9.07. The van der Waals surface area contributed by atoms with Gasteiger partial charge in [-0.05, 0) is 66.9 Å². The van der Waals surface area contributed by atoms with E-state index in [4.69, 9.17) is 38.1 Å². The van der Waals surface area contributed by atoms with Crippen LogP contribution in [0.25, 0.3) is 6.08 Å². The number of benzene rings is 2. The highest BCUT2D eigenvalue weighted by molar-refractivity contribution is 8.27. The predicted octanol–water partition coefficient (Wildman–Crippen LogP) is 6.96. The lowest BCUT2D eigenvalue weighted by molar-refractivity contribution is -0.114. The highest BCUT2D eigenvalue weighted by atomic mass is 35.5. The topological polar surface area (TPSA) is 87.3 Å². The van der Waals surface area contributed by atoms with Gasteiger partial charge in [-0.3, -0.25) is 10.2 Å². The first-order valence-corrected chi connectivity index (χ1v) is 13.8. The number of amides is 1. The van der Waals surface area contributed by atoms with Gasteiger partial charge in [0.2, 0.25) is 5.17 Å². The number of halogens is 2. The SMILES string of the molecule is Cc1ccccc1OCCOc1c(Cl)cc(/C=C2/C(=N)N3N=C(C4CCCCC4)SC3=NC2=O)cc1Cl. The molecule has 37 heavy (non-hydrogen) atoms. The highest BCUT2D eigenvalue weighted by Gasteiger charge is 2.38. The Morgan fingerprint density at radius 2 is 1.81 bits per heavy atom. The van der Waals surface area contributed by atoms with Crippen molar-refractivity contribution in [2.45, 2.75) is 39.0 Å². The molecule has 7 nitrogen and oxygen atoms in total. The number of fused-ring (bicyclic) bond motifs is 1. The van der Waals surface area contributed by atoms with Gasteiger partial charge in [0.05, 0.1) is 15.6 Å². The van der Waals surface area contributed by atoms with E-state index in [-0.39, 0.29) is 18.0 Å². The van der Waals surface area contributed by atoms with Crippen LogP contribution in [0.1, 0.15) is 43.2 Å². The Morgan fingerprint density at radius 3 is 2.54 bits per heavy atom. The summed E-state index contributed by atoms with van der Waals surface area (Å²) in [5.41, 5.74) is 1.73. The molecule has 0 radical (unpaired) electrons. The number of rotatable bonds is 7. The van der Waals surface area contributed by atoms with Crippen molar-refractivity contribution in [1.82, 2.24) is 5.01 Å². The van der Waals surface area contributed by atoms with Crippen LogP contribution in [0.3, 0.4) is 0 Å². The summed E-state index contributed by atoms with van der Waals surface area (Å²) in [6, 6.07) is 11.0. The molecule has 1 N–H and O–H groups in total. The van der Waals surface area contributed by atoms with E-state index in [9.17, 15) is 4.79 Å². The van der Waals surface area contributed by atoms with Gasteiger partial charge < -0.3 is 9.47 Å². The molecule has 1 saturated carbocycles. The normalized spacial score (nSPS) is 19.1. The van der Waals surface area contributed by atoms with Gasteiger partial charge in [0, 0.05) is 5.92 Å². The summed E-state index contributed by atoms with van der Waals surface area (Å²) in [6.07, 6.45) is 7.34. The van der Waals surface area contributed by atoms with Crippen molar-refractivity contribution in [1.29, 1.82) is 5.41 Å². The van der Waals surface area contributed by atoms with E-state index in [0.717, 1.165) is 29.2 Å². The Morgan fingerprint density at radius 1 is 1.11 bits per heavy atom. The third-order valence-corrected chi connectivity index (χ3v) is 8.07. The molecule has 0 aromatic heterocycles. The molecular weight excluding hydrogens is 531 g/mol. The summed E-state index contributed by atoms with van der Waals surface area (Å²) >= 11 is 14.3. The van der Waals surface area contributed by atoms with E-state index in [1.807, 2.05) is 31.2 Å². The number of para-hydroxylation sites is 1. The van der Waals surface area contributed by atoms with Crippen LogP contribution in [-0.2, 0) is 4.79 Å². The molecule has 1 aliphatic carbocycles. The number of nitrogens with one attached hydrogen (secondary N) is 1.